The topological polar surface area (TPSA) is 17.3 Å². The van der Waals surface area contributed by atoms with Gasteiger partial charge < -0.3 is 0 Å². The van der Waals surface area contributed by atoms with Gasteiger partial charge in [0, 0.05) is 16.2 Å². The minimum absolute atomic E-state index is 0.979. The standard InChI is InChI=1S/C13H8BrIN2/c14-10-5-3-4-9(8-10)12-13(15)17-7-2-1-6-11(17)16-12/h1-8H. The van der Waals surface area contributed by atoms with E-state index in [2.05, 4.69) is 60.0 Å². The predicted octanol–water partition coefficient (Wildman–Crippen LogP) is 4.37. The zero-order chi connectivity index (χ0) is 11.8. The summed E-state index contributed by atoms with van der Waals surface area (Å²) in [5.41, 5.74) is 3.14. The molecule has 2 nitrogen and oxygen atoms in total. The van der Waals surface area contributed by atoms with Crippen molar-refractivity contribution in [2.45, 2.75) is 0 Å². The van der Waals surface area contributed by atoms with Crippen LogP contribution in [0.15, 0.2) is 53.1 Å². The van der Waals surface area contributed by atoms with Crippen LogP contribution in [-0.4, -0.2) is 9.38 Å². The summed E-state index contributed by atoms with van der Waals surface area (Å²) in [5, 5.41) is 0. The molecule has 0 saturated heterocycles. The summed E-state index contributed by atoms with van der Waals surface area (Å²) in [4.78, 5) is 4.66. The van der Waals surface area contributed by atoms with Gasteiger partial charge in [-0.05, 0) is 46.9 Å². The Kier molecular flexibility index (Phi) is 2.92. The van der Waals surface area contributed by atoms with Crippen molar-refractivity contribution in [3.8, 4) is 11.3 Å². The molecule has 0 fully saturated rings. The first-order valence-electron chi connectivity index (χ1n) is 5.14. The third kappa shape index (κ3) is 1.99. The zero-order valence-electron chi connectivity index (χ0n) is 8.77. The van der Waals surface area contributed by atoms with Crippen molar-refractivity contribution < 1.29 is 0 Å². The van der Waals surface area contributed by atoms with Crippen LogP contribution in [0.4, 0.5) is 0 Å². The van der Waals surface area contributed by atoms with Gasteiger partial charge >= 0.3 is 0 Å². The van der Waals surface area contributed by atoms with Crippen LogP contribution in [0, 0.1) is 3.70 Å². The lowest BCUT2D eigenvalue weighted by Gasteiger charge is -1.98. The fraction of sp³-hybridized carbons (Fsp3) is 0. The molecule has 2 heterocycles. The Morgan fingerprint density at radius 2 is 2.00 bits per heavy atom. The molecule has 3 rings (SSSR count). The monoisotopic (exact) mass is 398 g/mol. The summed E-state index contributed by atoms with van der Waals surface area (Å²) < 4.78 is 4.30. The molecule has 0 aliphatic rings. The highest BCUT2D eigenvalue weighted by atomic mass is 127. The second-order valence-electron chi connectivity index (χ2n) is 3.69. The number of benzene rings is 1. The van der Waals surface area contributed by atoms with Gasteiger partial charge in [0.1, 0.15) is 15.0 Å². The van der Waals surface area contributed by atoms with E-state index in [9.17, 15) is 0 Å². The number of aromatic nitrogens is 2. The lowest BCUT2D eigenvalue weighted by Crippen LogP contribution is -1.85. The van der Waals surface area contributed by atoms with Crippen LogP contribution in [0.25, 0.3) is 16.9 Å². The maximum Gasteiger partial charge on any atom is 0.138 e. The fourth-order valence-corrected chi connectivity index (χ4v) is 3.02. The van der Waals surface area contributed by atoms with Crippen LogP contribution >= 0.6 is 38.5 Å². The lowest BCUT2D eigenvalue weighted by molar-refractivity contribution is 1.15. The summed E-state index contributed by atoms with van der Waals surface area (Å²) >= 11 is 5.83. The Hall–Kier alpha value is -0.880. The molecule has 4 heteroatoms. The van der Waals surface area contributed by atoms with E-state index in [1.54, 1.807) is 0 Å². The van der Waals surface area contributed by atoms with E-state index in [0.29, 0.717) is 0 Å². The predicted molar refractivity (Wildman–Crippen MR) is 81.0 cm³/mol. The van der Waals surface area contributed by atoms with E-state index < -0.39 is 0 Å². The largest absolute Gasteiger partial charge is 0.294 e. The SMILES string of the molecule is Brc1cccc(-c2nc3ccccn3c2I)c1. The first-order chi connectivity index (χ1) is 8.25. The quantitative estimate of drug-likeness (QED) is 0.556. The van der Waals surface area contributed by atoms with E-state index in [0.717, 1.165) is 25.1 Å². The molecule has 0 saturated carbocycles. The van der Waals surface area contributed by atoms with E-state index in [-0.39, 0.29) is 0 Å². The molecule has 17 heavy (non-hydrogen) atoms. The van der Waals surface area contributed by atoms with E-state index in [4.69, 9.17) is 0 Å². The molecule has 0 N–H and O–H groups in total. The number of hydrogen-bond donors (Lipinski definition) is 0. The van der Waals surface area contributed by atoms with Crippen molar-refractivity contribution in [2.75, 3.05) is 0 Å². The summed E-state index contributed by atoms with van der Waals surface area (Å²) in [7, 11) is 0. The highest BCUT2D eigenvalue weighted by Gasteiger charge is 2.10. The number of fused-ring (bicyclic) bond motifs is 1. The minimum atomic E-state index is 0.979. The van der Waals surface area contributed by atoms with Gasteiger partial charge in [0.2, 0.25) is 0 Å². The molecule has 0 spiro atoms. The molecule has 0 aliphatic carbocycles. The van der Waals surface area contributed by atoms with Crippen LogP contribution in [0.2, 0.25) is 0 Å². The molecule has 3 aromatic rings. The number of nitrogens with zero attached hydrogens (tertiary/aromatic N) is 2. The summed E-state index contributed by atoms with van der Waals surface area (Å²) in [6.07, 6.45) is 2.03. The number of pyridine rings is 1. The number of halogens is 2. The maximum absolute atomic E-state index is 4.66. The van der Waals surface area contributed by atoms with Gasteiger partial charge in [0.05, 0.1) is 0 Å². The Balaban J connectivity index is 2.27. The third-order valence-electron chi connectivity index (χ3n) is 2.57. The van der Waals surface area contributed by atoms with Crippen LogP contribution < -0.4 is 0 Å². The van der Waals surface area contributed by atoms with Gasteiger partial charge in [-0.25, -0.2) is 4.98 Å². The Labute approximate surface area is 121 Å². The van der Waals surface area contributed by atoms with Crippen molar-refractivity contribution in [3.63, 3.8) is 0 Å². The molecule has 2 aromatic heterocycles. The average molecular weight is 399 g/mol. The second kappa shape index (κ2) is 4.42. The van der Waals surface area contributed by atoms with Gasteiger partial charge in [0.25, 0.3) is 0 Å². The van der Waals surface area contributed by atoms with Crippen molar-refractivity contribution in [2.24, 2.45) is 0 Å². The van der Waals surface area contributed by atoms with Gasteiger partial charge in [0.15, 0.2) is 0 Å². The van der Waals surface area contributed by atoms with E-state index in [1.807, 2.05) is 36.5 Å². The van der Waals surface area contributed by atoms with Crippen LogP contribution in [0.1, 0.15) is 0 Å². The number of imidazole rings is 1. The van der Waals surface area contributed by atoms with Crippen molar-refractivity contribution in [1.29, 1.82) is 0 Å². The average Bonchev–Trinajstić information content (AvgIpc) is 2.68. The molecule has 0 bridgehead atoms. The zero-order valence-corrected chi connectivity index (χ0v) is 12.5. The highest BCUT2D eigenvalue weighted by Crippen LogP contribution is 2.27. The molecule has 0 radical (unpaired) electrons. The first-order valence-corrected chi connectivity index (χ1v) is 7.01. The maximum atomic E-state index is 4.66. The summed E-state index contributed by atoms with van der Waals surface area (Å²) in [5.74, 6) is 0. The number of rotatable bonds is 1. The Morgan fingerprint density at radius 1 is 1.12 bits per heavy atom. The normalized spacial score (nSPS) is 10.9. The van der Waals surface area contributed by atoms with Crippen LogP contribution in [-0.2, 0) is 0 Å². The molecular weight excluding hydrogens is 391 g/mol. The van der Waals surface area contributed by atoms with Crippen molar-refractivity contribution >= 4 is 44.2 Å². The van der Waals surface area contributed by atoms with Gasteiger partial charge in [-0.15, -0.1) is 0 Å². The Morgan fingerprint density at radius 3 is 2.76 bits per heavy atom. The van der Waals surface area contributed by atoms with Crippen molar-refractivity contribution in [1.82, 2.24) is 9.38 Å². The molecule has 0 amide bonds. The molecule has 0 atom stereocenters. The van der Waals surface area contributed by atoms with Crippen LogP contribution in [0.5, 0.6) is 0 Å². The highest BCUT2D eigenvalue weighted by molar-refractivity contribution is 14.1. The smallest absolute Gasteiger partial charge is 0.138 e. The van der Waals surface area contributed by atoms with E-state index in [1.165, 1.54) is 0 Å². The van der Waals surface area contributed by atoms with Gasteiger partial charge in [-0.3, -0.25) is 4.40 Å². The van der Waals surface area contributed by atoms with E-state index >= 15 is 0 Å². The molecule has 84 valence electrons. The lowest BCUT2D eigenvalue weighted by atomic mass is 10.2. The third-order valence-corrected chi connectivity index (χ3v) is 4.09. The summed E-state index contributed by atoms with van der Waals surface area (Å²) in [6.45, 7) is 0. The molecular formula is C13H8BrIN2. The second-order valence-corrected chi connectivity index (χ2v) is 5.63. The number of hydrogen-bond acceptors (Lipinski definition) is 1. The fourth-order valence-electron chi connectivity index (χ4n) is 1.79. The van der Waals surface area contributed by atoms with Crippen LogP contribution in [0.3, 0.4) is 0 Å². The Bertz CT molecular complexity index is 691. The first kappa shape index (κ1) is 11.2. The minimum Gasteiger partial charge on any atom is -0.294 e. The molecule has 0 aliphatic heterocycles. The van der Waals surface area contributed by atoms with Gasteiger partial charge in [-0.2, -0.15) is 0 Å². The summed E-state index contributed by atoms with van der Waals surface area (Å²) in [6, 6.07) is 14.2. The molecule has 0 unspecified atom stereocenters. The van der Waals surface area contributed by atoms with Crippen molar-refractivity contribution in [3.05, 3.63) is 56.8 Å². The molecule has 1 aromatic carbocycles. The van der Waals surface area contributed by atoms with Gasteiger partial charge in [-0.1, -0.05) is 34.1 Å².